The van der Waals surface area contributed by atoms with E-state index < -0.39 is 0 Å². The molecule has 0 bridgehead atoms. The molecule has 3 heteroatoms. The molecule has 18 heavy (non-hydrogen) atoms. The lowest BCUT2D eigenvalue weighted by Crippen LogP contribution is -2.31. The number of benzene rings is 1. The van der Waals surface area contributed by atoms with E-state index in [1.807, 2.05) is 0 Å². The van der Waals surface area contributed by atoms with Gasteiger partial charge in [0.05, 0.1) is 0 Å². The Morgan fingerprint density at radius 2 is 1.89 bits per heavy atom. The van der Waals surface area contributed by atoms with Crippen molar-refractivity contribution in [2.45, 2.75) is 25.8 Å². The number of rotatable bonds is 2. The highest BCUT2D eigenvalue weighted by molar-refractivity contribution is 5.80. The molecule has 0 radical (unpaired) electrons. The van der Waals surface area contributed by atoms with E-state index in [2.05, 4.69) is 36.5 Å². The lowest BCUT2D eigenvalue weighted by atomic mass is 9.98. The number of nitrogens with zero attached hydrogens (tertiary/aromatic N) is 1. The molecule has 0 saturated carbocycles. The van der Waals surface area contributed by atoms with E-state index in [4.69, 9.17) is 9.73 Å². The van der Waals surface area contributed by atoms with Crippen LogP contribution in [0.4, 0.5) is 0 Å². The lowest BCUT2D eigenvalue weighted by Gasteiger charge is -2.21. The standard InChI is InChI=1S/C15H20N2O/c1-11-2-4-12(5-3-11)14-10-18-15(17-14)13-6-8-16-9-7-13/h2-5,13-14,16H,6-10H2,1H3. The van der Waals surface area contributed by atoms with Crippen molar-refractivity contribution in [2.24, 2.45) is 10.9 Å². The van der Waals surface area contributed by atoms with Gasteiger partial charge in [0.2, 0.25) is 0 Å². The van der Waals surface area contributed by atoms with Gasteiger partial charge in [0.25, 0.3) is 0 Å². The average molecular weight is 244 g/mol. The Balaban J connectivity index is 1.72. The third-order valence-electron chi connectivity index (χ3n) is 3.82. The van der Waals surface area contributed by atoms with Gasteiger partial charge in [-0.1, -0.05) is 29.8 Å². The van der Waals surface area contributed by atoms with E-state index in [1.54, 1.807) is 0 Å². The Labute approximate surface area is 108 Å². The van der Waals surface area contributed by atoms with Gasteiger partial charge in [0.15, 0.2) is 5.90 Å². The minimum Gasteiger partial charge on any atom is -0.478 e. The Bertz CT molecular complexity index is 432. The fourth-order valence-electron chi connectivity index (χ4n) is 2.64. The van der Waals surface area contributed by atoms with E-state index in [-0.39, 0.29) is 6.04 Å². The van der Waals surface area contributed by atoms with Crippen molar-refractivity contribution in [3.8, 4) is 0 Å². The minimum absolute atomic E-state index is 0.204. The first-order chi connectivity index (χ1) is 8.83. The molecule has 1 aromatic carbocycles. The molecule has 1 saturated heterocycles. The number of piperidine rings is 1. The van der Waals surface area contributed by atoms with Crippen molar-refractivity contribution >= 4 is 5.90 Å². The first-order valence-corrected chi connectivity index (χ1v) is 6.81. The highest BCUT2D eigenvalue weighted by Crippen LogP contribution is 2.27. The van der Waals surface area contributed by atoms with Crippen LogP contribution in [0.2, 0.25) is 0 Å². The SMILES string of the molecule is Cc1ccc(C2COC(C3CCNCC3)=N2)cc1. The van der Waals surface area contributed by atoms with Gasteiger partial charge < -0.3 is 10.1 Å². The van der Waals surface area contributed by atoms with Gasteiger partial charge in [-0.05, 0) is 38.4 Å². The van der Waals surface area contributed by atoms with Gasteiger partial charge in [-0.2, -0.15) is 0 Å². The number of hydrogen-bond donors (Lipinski definition) is 1. The van der Waals surface area contributed by atoms with E-state index in [9.17, 15) is 0 Å². The summed E-state index contributed by atoms with van der Waals surface area (Å²) in [7, 11) is 0. The second-order valence-electron chi connectivity index (χ2n) is 5.23. The van der Waals surface area contributed by atoms with Crippen molar-refractivity contribution in [3.05, 3.63) is 35.4 Å². The van der Waals surface area contributed by atoms with Gasteiger partial charge in [-0.3, -0.25) is 0 Å². The monoisotopic (exact) mass is 244 g/mol. The molecule has 2 aliphatic rings. The summed E-state index contributed by atoms with van der Waals surface area (Å²) in [6.45, 7) is 4.99. The summed E-state index contributed by atoms with van der Waals surface area (Å²) in [5, 5.41) is 3.38. The molecule has 0 aromatic heterocycles. The summed E-state index contributed by atoms with van der Waals surface area (Å²) < 4.78 is 5.81. The molecule has 1 atom stereocenters. The van der Waals surface area contributed by atoms with Crippen molar-refractivity contribution in [1.82, 2.24) is 5.32 Å². The van der Waals surface area contributed by atoms with E-state index in [1.165, 1.54) is 11.1 Å². The first-order valence-electron chi connectivity index (χ1n) is 6.81. The maximum atomic E-state index is 5.81. The van der Waals surface area contributed by atoms with Crippen molar-refractivity contribution in [2.75, 3.05) is 19.7 Å². The van der Waals surface area contributed by atoms with Gasteiger partial charge in [0, 0.05) is 5.92 Å². The maximum Gasteiger partial charge on any atom is 0.187 e. The third-order valence-corrected chi connectivity index (χ3v) is 3.82. The Morgan fingerprint density at radius 3 is 2.61 bits per heavy atom. The Morgan fingerprint density at radius 1 is 1.17 bits per heavy atom. The third kappa shape index (κ3) is 2.41. The zero-order valence-electron chi connectivity index (χ0n) is 10.9. The predicted molar refractivity (Wildman–Crippen MR) is 72.9 cm³/mol. The summed E-state index contributed by atoms with van der Waals surface area (Å²) in [4.78, 5) is 4.78. The number of aliphatic imine (C=N–C) groups is 1. The van der Waals surface area contributed by atoms with Crippen LogP contribution in [0.1, 0.15) is 30.0 Å². The highest BCUT2D eigenvalue weighted by atomic mass is 16.5. The van der Waals surface area contributed by atoms with Gasteiger partial charge in [-0.15, -0.1) is 0 Å². The van der Waals surface area contributed by atoms with Crippen molar-refractivity contribution < 1.29 is 4.74 Å². The Hall–Kier alpha value is -1.35. The van der Waals surface area contributed by atoms with Gasteiger partial charge in [-0.25, -0.2) is 4.99 Å². The van der Waals surface area contributed by atoms with Crippen LogP contribution in [0.3, 0.4) is 0 Å². The summed E-state index contributed by atoms with van der Waals surface area (Å²) in [6.07, 6.45) is 2.30. The number of nitrogens with one attached hydrogen (secondary N) is 1. The molecule has 1 unspecified atom stereocenters. The van der Waals surface area contributed by atoms with E-state index in [0.29, 0.717) is 12.5 Å². The number of ether oxygens (including phenoxy) is 1. The molecule has 2 aliphatic heterocycles. The fraction of sp³-hybridized carbons (Fsp3) is 0.533. The van der Waals surface area contributed by atoms with E-state index in [0.717, 1.165) is 31.8 Å². The molecule has 96 valence electrons. The highest BCUT2D eigenvalue weighted by Gasteiger charge is 2.27. The largest absolute Gasteiger partial charge is 0.478 e. The normalized spacial score (nSPS) is 24.7. The molecule has 2 heterocycles. The molecule has 3 rings (SSSR count). The zero-order chi connectivity index (χ0) is 12.4. The summed E-state index contributed by atoms with van der Waals surface area (Å²) >= 11 is 0. The summed E-state index contributed by atoms with van der Waals surface area (Å²) in [5.41, 5.74) is 2.56. The lowest BCUT2D eigenvalue weighted by molar-refractivity contribution is 0.285. The maximum absolute atomic E-state index is 5.81. The van der Waals surface area contributed by atoms with Gasteiger partial charge >= 0.3 is 0 Å². The molecular formula is C15H20N2O. The zero-order valence-corrected chi connectivity index (χ0v) is 10.9. The van der Waals surface area contributed by atoms with E-state index >= 15 is 0 Å². The predicted octanol–water partition coefficient (Wildman–Crippen LogP) is 2.46. The second kappa shape index (κ2) is 5.11. The van der Waals surface area contributed by atoms with Crippen LogP contribution in [-0.2, 0) is 4.74 Å². The number of aryl methyl sites for hydroxylation is 1. The Kier molecular flexibility index (Phi) is 3.33. The van der Waals surface area contributed by atoms with Gasteiger partial charge in [0.1, 0.15) is 12.6 Å². The van der Waals surface area contributed by atoms with Crippen LogP contribution in [-0.4, -0.2) is 25.6 Å². The fourth-order valence-corrected chi connectivity index (χ4v) is 2.64. The average Bonchev–Trinajstić information content (AvgIpc) is 2.90. The summed E-state index contributed by atoms with van der Waals surface area (Å²) in [5.74, 6) is 1.52. The van der Waals surface area contributed by atoms with Crippen molar-refractivity contribution in [3.63, 3.8) is 0 Å². The molecule has 0 spiro atoms. The molecule has 1 N–H and O–H groups in total. The topological polar surface area (TPSA) is 33.6 Å². The first kappa shape index (κ1) is 11.7. The molecule has 1 aromatic rings. The second-order valence-corrected chi connectivity index (χ2v) is 5.23. The quantitative estimate of drug-likeness (QED) is 0.867. The van der Waals surface area contributed by atoms with Crippen LogP contribution < -0.4 is 5.32 Å². The summed E-state index contributed by atoms with van der Waals surface area (Å²) in [6, 6.07) is 8.83. The smallest absolute Gasteiger partial charge is 0.187 e. The molecule has 0 aliphatic carbocycles. The molecule has 0 amide bonds. The number of hydrogen-bond acceptors (Lipinski definition) is 3. The van der Waals surface area contributed by atoms with Crippen LogP contribution in [0.5, 0.6) is 0 Å². The molecular weight excluding hydrogens is 224 g/mol. The van der Waals surface area contributed by atoms with Crippen LogP contribution >= 0.6 is 0 Å². The molecule has 3 nitrogen and oxygen atoms in total. The molecule has 1 fully saturated rings. The van der Waals surface area contributed by atoms with Crippen LogP contribution in [0.15, 0.2) is 29.3 Å². The van der Waals surface area contributed by atoms with Crippen LogP contribution in [0.25, 0.3) is 0 Å². The minimum atomic E-state index is 0.204. The van der Waals surface area contributed by atoms with Crippen molar-refractivity contribution in [1.29, 1.82) is 0 Å². The van der Waals surface area contributed by atoms with Crippen LogP contribution in [0, 0.1) is 12.8 Å².